The molecule has 1 aliphatic rings. The van der Waals surface area contributed by atoms with Gasteiger partial charge in [-0.1, -0.05) is 30.3 Å². The molecule has 5 nitrogen and oxygen atoms in total. The summed E-state index contributed by atoms with van der Waals surface area (Å²) >= 11 is 0. The number of ether oxygens (including phenoxy) is 2. The smallest absolute Gasteiger partial charge is 0.290 e. The Balaban J connectivity index is 1.35. The Bertz CT molecular complexity index is 908. The third-order valence-electron chi connectivity index (χ3n) is 4.19. The van der Waals surface area contributed by atoms with Gasteiger partial charge in [0.1, 0.15) is 0 Å². The maximum atomic E-state index is 12.3. The molecule has 0 saturated carbocycles. The van der Waals surface area contributed by atoms with E-state index in [4.69, 9.17) is 9.47 Å². The van der Waals surface area contributed by atoms with Crippen LogP contribution in [0.15, 0.2) is 73.1 Å². The normalized spacial score (nSPS) is 12.0. The van der Waals surface area contributed by atoms with Crippen LogP contribution in [0.25, 0.3) is 0 Å². The first-order chi connectivity index (χ1) is 12.8. The second-order valence-corrected chi connectivity index (χ2v) is 6.16. The number of amides is 1. The molecule has 130 valence electrons. The fourth-order valence-corrected chi connectivity index (χ4v) is 2.88. The number of anilines is 1. The fraction of sp³-hybridized carbons (Fsp3) is 0.143. The third-order valence-corrected chi connectivity index (χ3v) is 4.19. The molecule has 0 unspecified atom stereocenters. The van der Waals surface area contributed by atoms with E-state index >= 15 is 0 Å². The molecule has 0 radical (unpaired) electrons. The van der Waals surface area contributed by atoms with Crippen LogP contribution < -0.4 is 19.4 Å². The molecule has 2 heterocycles. The molecule has 0 atom stereocenters. The molecule has 0 saturated heterocycles. The largest absolute Gasteiger partial charge is 0.454 e. The van der Waals surface area contributed by atoms with Crippen LogP contribution in [0.1, 0.15) is 11.1 Å². The van der Waals surface area contributed by atoms with Crippen molar-refractivity contribution < 1.29 is 18.8 Å². The standard InChI is InChI=1S/C21H18N2O3/c24-21(22-18-6-7-19-20(13-18)26-15-25-19)14-23-10-8-17(9-11-23)12-16-4-2-1-3-5-16/h1-11,13H,12,14-15H2/p+1. The average molecular weight is 347 g/mol. The number of benzene rings is 2. The van der Waals surface area contributed by atoms with Gasteiger partial charge < -0.3 is 14.8 Å². The number of nitrogens with one attached hydrogen (secondary N) is 1. The summed E-state index contributed by atoms with van der Waals surface area (Å²) in [6, 6.07) is 19.8. The van der Waals surface area contributed by atoms with E-state index in [1.165, 1.54) is 11.1 Å². The van der Waals surface area contributed by atoms with Gasteiger partial charge in [0.05, 0.1) is 0 Å². The Kier molecular flexibility index (Phi) is 4.51. The Morgan fingerprint density at radius 1 is 0.923 bits per heavy atom. The molecule has 0 fully saturated rings. The van der Waals surface area contributed by atoms with Crippen molar-refractivity contribution in [3.8, 4) is 11.5 Å². The second kappa shape index (κ2) is 7.27. The van der Waals surface area contributed by atoms with E-state index in [9.17, 15) is 4.79 Å². The molecular weight excluding hydrogens is 328 g/mol. The van der Waals surface area contributed by atoms with E-state index in [1.54, 1.807) is 18.2 Å². The molecule has 0 spiro atoms. The van der Waals surface area contributed by atoms with Crippen molar-refractivity contribution in [3.05, 3.63) is 84.2 Å². The summed E-state index contributed by atoms with van der Waals surface area (Å²) in [7, 11) is 0. The van der Waals surface area contributed by atoms with Crippen molar-refractivity contribution >= 4 is 11.6 Å². The van der Waals surface area contributed by atoms with Gasteiger partial charge in [0.2, 0.25) is 13.3 Å². The van der Waals surface area contributed by atoms with Crippen molar-refractivity contribution in [3.63, 3.8) is 0 Å². The SMILES string of the molecule is O=C(C[n+]1ccc(Cc2ccccc2)cc1)Nc1ccc2c(c1)OCO2. The van der Waals surface area contributed by atoms with Crippen LogP contribution in [-0.4, -0.2) is 12.7 Å². The van der Waals surface area contributed by atoms with Crippen molar-refractivity contribution in [1.82, 2.24) is 0 Å². The van der Waals surface area contributed by atoms with Crippen molar-refractivity contribution in [1.29, 1.82) is 0 Å². The molecule has 2 aromatic carbocycles. The molecule has 1 aromatic heterocycles. The lowest BCUT2D eigenvalue weighted by Crippen LogP contribution is -2.39. The Hall–Kier alpha value is -3.34. The number of nitrogens with zero attached hydrogens (tertiary/aromatic N) is 1. The van der Waals surface area contributed by atoms with Gasteiger partial charge >= 0.3 is 0 Å². The van der Waals surface area contributed by atoms with Gasteiger partial charge in [-0.15, -0.1) is 0 Å². The van der Waals surface area contributed by atoms with E-state index in [-0.39, 0.29) is 19.2 Å². The summed E-state index contributed by atoms with van der Waals surface area (Å²) < 4.78 is 12.4. The van der Waals surface area contributed by atoms with E-state index in [0.717, 1.165) is 6.42 Å². The average Bonchev–Trinajstić information content (AvgIpc) is 3.12. The molecule has 3 aromatic rings. The zero-order chi connectivity index (χ0) is 17.8. The first-order valence-corrected chi connectivity index (χ1v) is 8.48. The van der Waals surface area contributed by atoms with Crippen molar-refractivity contribution in [2.45, 2.75) is 13.0 Å². The van der Waals surface area contributed by atoms with E-state index in [2.05, 4.69) is 17.4 Å². The number of aromatic nitrogens is 1. The van der Waals surface area contributed by atoms with Crippen LogP contribution >= 0.6 is 0 Å². The lowest BCUT2D eigenvalue weighted by atomic mass is 10.1. The molecular formula is C21H19N2O3+. The van der Waals surface area contributed by atoms with Crippen molar-refractivity contribution in [2.75, 3.05) is 12.1 Å². The lowest BCUT2D eigenvalue weighted by molar-refractivity contribution is -0.684. The van der Waals surface area contributed by atoms with Gasteiger partial charge in [-0.2, -0.15) is 4.57 Å². The Morgan fingerprint density at radius 2 is 1.65 bits per heavy atom. The Morgan fingerprint density at radius 3 is 2.46 bits per heavy atom. The summed E-state index contributed by atoms with van der Waals surface area (Å²) in [6.07, 6.45) is 4.74. The highest BCUT2D eigenvalue weighted by atomic mass is 16.7. The molecule has 26 heavy (non-hydrogen) atoms. The minimum Gasteiger partial charge on any atom is -0.454 e. The summed E-state index contributed by atoms with van der Waals surface area (Å²) in [6.45, 7) is 0.470. The molecule has 0 aliphatic carbocycles. The minimum absolute atomic E-state index is 0.0929. The van der Waals surface area contributed by atoms with E-state index in [1.807, 2.05) is 47.3 Å². The van der Waals surface area contributed by atoms with Crippen LogP contribution in [0.4, 0.5) is 5.69 Å². The minimum atomic E-state index is -0.0929. The second-order valence-electron chi connectivity index (χ2n) is 6.16. The lowest BCUT2D eigenvalue weighted by Gasteiger charge is -2.05. The zero-order valence-electron chi connectivity index (χ0n) is 14.2. The van der Waals surface area contributed by atoms with Crippen LogP contribution in [0.5, 0.6) is 11.5 Å². The summed E-state index contributed by atoms with van der Waals surface area (Å²) in [5.41, 5.74) is 3.18. The highest BCUT2D eigenvalue weighted by molar-refractivity contribution is 5.90. The number of pyridine rings is 1. The van der Waals surface area contributed by atoms with Gasteiger partial charge in [0.15, 0.2) is 23.9 Å². The summed E-state index contributed by atoms with van der Waals surface area (Å²) in [5.74, 6) is 1.26. The number of fused-ring (bicyclic) bond motifs is 1. The third kappa shape index (κ3) is 3.83. The van der Waals surface area contributed by atoms with Gasteiger partial charge in [0.25, 0.3) is 5.91 Å². The predicted octanol–water partition coefficient (Wildman–Crippen LogP) is 2.93. The number of hydrogen-bond donors (Lipinski definition) is 1. The van der Waals surface area contributed by atoms with Gasteiger partial charge in [-0.25, -0.2) is 0 Å². The Labute approximate surface area is 151 Å². The molecule has 0 bridgehead atoms. The molecule has 1 aliphatic heterocycles. The van der Waals surface area contributed by atoms with E-state index in [0.29, 0.717) is 17.2 Å². The maximum absolute atomic E-state index is 12.3. The van der Waals surface area contributed by atoms with Gasteiger partial charge in [-0.05, 0) is 29.7 Å². The van der Waals surface area contributed by atoms with Gasteiger partial charge in [-0.3, -0.25) is 4.79 Å². The number of hydrogen-bond acceptors (Lipinski definition) is 3. The maximum Gasteiger partial charge on any atom is 0.290 e. The summed E-state index contributed by atoms with van der Waals surface area (Å²) in [4.78, 5) is 12.3. The van der Waals surface area contributed by atoms with Crippen LogP contribution in [-0.2, 0) is 17.8 Å². The highest BCUT2D eigenvalue weighted by Crippen LogP contribution is 2.34. The molecule has 4 rings (SSSR count). The molecule has 1 N–H and O–H groups in total. The first-order valence-electron chi connectivity index (χ1n) is 8.48. The monoisotopic (exact) mass is 347 g/mol. The predicted molar refractivity (Wildman–Crippen MR) is 97.1 cm³/mol. The van der Waals surface area contributed by atoms with Gasteiger partial charge in [0, 0.05) is 23.9 Å². The number of carbonyl (C=O) groups is 1. The number of rotatable bonds is 5. The quantitative estimate of drug-likeness (QED) is 0.722. The zero-order valence-corrected chi connectivity index (χ0v) is 14.2. The highest BCUT2D eigenvalue weighted by Gasteiger charge is 2.15. The van der Waals surface area contributed by atoms with Crippen molar-refractivity contribution in [2.24, 2.45) is 0 Å². The topological polar surface area (TPSA) is 51.4 Å². The van der Waals surface area contributed by atoms with Crippen LogP contribution in [0.3, 0.4) is 0 Å². The fourth-order valence-electron chi connectivity index (χ4n) is 2.88. The first kappa shape index (κ1) is 16.1. The molecule has 5 heteroatoms. The summed E-state index contributed by atoms with van der Waals surface area (Å²) in [5, 5.41) is 2.88. The van der Waals surface area contributed by atoms with Crippen LogP contribution in [0, 0.1) is 0 Å². The number of carbonyl (C=O) groups excluding carboxylic acids is 1. The molecule has 1 amide bonds. The van der Waals surface area contributed by atoms with Crippen LogP contribution in [0.2, 0.25) is 0 Å². The van der Waals surface area contributed by atoms with E-state index < -0.39 is 0 Å².